The maximum absolute atomic E-state index is 12.2. The van der Waals surface area contributed by atoms with Crippen LogP contribution in [-0.2, 0) is 11.3 Å². The van der Waals surface area contributed by atoms with Gasteiger partial charge in [0.15, 0.2) is 0 Å². The lowest BCUT2D eigenvalue weighted by Gasteiger charge is -2.36. The highest BCUT2D eigenvalue weighted by Crippen LogP contribution is 2.06. The average molecular weight is 278 g/mol. The van der Waals surface area contributed by atoms with E-state index in [1.54, 1.807) is 41.9 Å². The van der Waals surface area contributed by atoms with Crippen molar-refractivity contribution in [3.63, 3.8) is 0 Å². The van der Waals surface area contributed by atoms with Crippen LogP contribution in [0.3, 0.4) is 0 Å². The standard InChI is InChI=1S/C14H22N4O2/c1-16(2)14(20)12-11-15-6-8-17(12)9-10-18-7-4-3-5-13(18)19/h3-5,7,12,15H,6,8-11H2,1-2H3. The molecule has 110 valence electrons. The van der Waals surface area contributed by atoms with Crippen LogP contribution in [0.1, 0.15) is 0 Å². The summed E-state index contributed by atoms with van der Waals surface area (Å²) in [6.45, 7) is 3.68. The lowest BCUT2D eigenvalue weighted by Crippen LogP contribution is -2.58. The minimum absolute atomic E-state index is 0.00174. The zero-order valence-electron chi connectivity index (χ0n) is 12.1. The summed E-state index contributed by atoms with van der Waals surface area (Å²) in [6, 6.07) is 5.00. The number of piperazine rings is 1. The van der Waals surface area contributed by atoms with Gasteiger partial charge in [0.2, 0.25) is 5.91 Å². The molecule has 0 bridgehead atoms. The number of carbonyl (C=O) groups excluding carboxylic acids is 1. The van der Waals surface area contributed by atoms with Gasteiger partial charge in [-0.05, 0) is 6.07 Å². The van der Waals surface area contributed by atoms with Gasteiger partial charge in [0.1, 0.15) is 6.04 Å². The summed E-state index contributed by atoms with van der Waals surface area (Å²) in [5.74, 6) is 0.109. The number of pyridine rings is 1. The number of amides is 1. The summed E-state index contributed by atoms with van der Waals surface area (Å²) < 4.78 is 1.68. The Morgan fingerprint density at radius 2 is 2.20 bits per heavy atom. The molecular formula is C14H22N4O2. The zero-order chi connectivity index (χ0) is 14.5. The van der Waals surface area contributed by atoms with Crippen LogP contribution in [0.2, 0.25) is 0 Å². The van der Waals surface area contributed by atoms with Gasteiger partial charge in [0.05, 0.1) is 0 Å². The van der Waals surface area contributed by atoms with Crippen molar-refractivity contribution in [3.05, 3.63) is 34.7 Å². The molecule has 0 aliphatic carbocycles. The van der Waals surface area contributed by atoms with E-state index in [0.717, 1.165) is 13.1 Å². The number of nitrogens with zero attached hydrogens (tertiary/aromatic N) is 3. The second-order valence-corrected chi connectivity index (χ2v) is 5.22. The van der Waals surface area contributed by atoms with Gasteiger partial charge in [-0.15, -0.1) is 0 Å². The molecule has 0 aromatic carbocycles. The molecule has 1 aliphatic heterocycles. The number of hydrogen-bond donors (Lipinski definition) is 1. The van der Waals surface area contributed by atoms with Gasteiger partial charge in [-0.25, -0.2) is 0 Å². The maximum Gasteiger partial charge on any atom is 0.250 e. The largest absolute Gasteiger partial charge is 0.347 e. The molecule has 1 N–H and O–H groups in total. The third kappa shape index (κ3) is 3.46. The Bertz CT molecular complexity index is 512. The molecule has 1 saturated heterocycles. The predicted octanol–water partition coefficient (Wildman–Crippen LogP) is -0.790. The van der Waals surface area contributed by atoms with Crippen LogP contribution in [0.15, 0.2) is 29.2 Å². The monoisotopic (exact) mass is 278 g/mol. The van der Waals surface area contributed by atoms with Gasteiger partial charge in [-0.1, -0.05) is 6.07 Å². The zero-order valence-corrected chi connectivity index (χ0v) is 12.1. The summed E-state index contributed by atoms with van der Waals surface area (Å²) >= 11 is 0. The molecular weight excluding hydrogens is 256 g/mol. The third-order valence-corrected chi connectivity index (χ3v) is 3.61. The normalized spacial score (nSPS) is 19.8. The number of nitrogens with one attached hydrogen (secondary N) is 1. The van der Waals surface area contributed by atoms with Gasteiger partial charge in [0.25, 0.3) is 5.56 Å². The van der Waals surface area contributed by atoms with E-state index in [9.17, 15) is 9.59 Å². The SMILES string of the molecule is CN(C)C(=O)C1CNCCN1CCn1ccccc1=O. The fraction of sp³-hybridized carbons (Fsp3) is 0.571. The number of aromatic nitrogens is 1. The van der Waals surface area contributed by atoms with E-state index in [0.29, 0.717) is 19.6 Å². The first-order valence-corrected chi connectivity index (χ1v) is 6.91. The molecule has 6 nitrogen and oxygen atoms in total. The topological polar surface area (TPSA) is 57.6 Å². The Morgan fingerprint density at radius 1 is 1.40 bits per heavy atom. The van der Waals surface area contributed by atoms with E-state index < -0.39 is 0 Å². The van der Waals surface area contributed by atoms with Crippen molar-refractivity contribution < 1.29 is 4.79 Å². The van der Waals surface area contributed by atoms with Crippen LogP contribution in [0.4, 0.5) is 0 Å². The van der Waals surface area contributed by atoms with Crippen LogP contribution in [0.25, 0.3) is 0 Å². The molecule has 0 spiro atoms. The Hall–Kier alpha value is -1.66. The van der Waals surface area contributed by atoms with Gasteiger partial charge >= 0.3 is 0 Å². The Labute approximate surface area is 119 Å². The first-order valence-electron chi connectivity index (χ1n) is 6.91. The van der Waals surface area contributed by atoms with E-state index in [2.05, 4.69) is 10.2 Å². The van der Waals surface area contributed by atoms with Crippen LogP contribution < -0.4 is 10.9 Å². The van der Waals surface area contributed by atoms with Crippen molar-refractivity contribution in [2.24, 2.45) is 0 Å². The molecule has 0 radical (unpaired) electrons. The van der Waals surface area contributed by atoms with Gasteiger partial charge < -0.3 is 14.8 Å². The van der Waals surface area contributed by atoms with Gasteiger partial charge in [-0.3, -0.25) is 14.5 Å². The van der Waals surface area contributed by atoms with E-state index in [4.69, 9.17) is 0 Å². The van der Waals surface area contributed by atoms with Gasteiger partial charge in [0, 0.05) is 59.1 Å². The molecule has 1 amide bonds. The number of hydrogen-bond acceptors (Lipinski definition) is 4. The van der Waals surface area contributed by atoms with Crippen molar-refractivity contribution in [2.45, 2.75) is 12.6 Å². The van der Waals surface area contributed by atoms with Crippen molar-refractivity contribution in [2.75, 3.05) is 40.3 Å². The molecule has 1 aromatic rings. The fourth-order valence-corrected chi connectivity index (χ4v) is 2.44. The molecule has 2 rings (SSSR count). The molecule has 1 aliphatic rings. The minimum Gasteiger partial charge on any atom is -0.347 e. The van der Waals surface area contributed by atoms with Crippen LogP contribution in [0.5, 0.6) is 0 Å². The highest BCUT2D eigenvalue weighted by atomic mass is 16.2. The summed E-state index contributed by atoms with van der Waals surface area (Å²) in [7, 11) is 3.55. The number of carbonyl (C=O) groups is 1. The molecule has 1 aromatic heterocycles. The predicted molar refractivity (Wildman–Crippen MR) is 77.6 cm³/mol. The molecule has 20 heavy (non-hydrogen) atoms. The smallest absolute Gasteiger partial charge is 0.250 e. The molecule has 1 atom stereocenters. The second-order valence-electron chi connectivity index (χ2n) is 5.22. The highest BCUT2D eigenvalue weighted by Gasteiger charge is 2.29. The van der Waals surface area contributed by atoms with E-state index in [1.807, 2.05) is 6.07 Å². The quantitative estimate of drug-likeness (QED) is 0.784. The van der Waals surface area contributed by atoms with Crippen molar-refractivity contribution >= 4 is 5.91 Å². The highest BCUT2D eigenvalue weighted by molar-refractivity contribution is 5.81. The van der Waals surface area contributed by atoms with E-state index in [-0.39, 0.29) is 17.5 Å². The van der Waals surface area contributed by atoms with Crippen molar-refractivity contribution in [1.29, 1.82) is 0 Å². The lowest BCUT2D eigenvalue weighted by atomic mass is 10.1. The number of rotatable bonds is 4. The maximum atomic E-state index is 12.2. The van der Waals surface area contributed by atoms with Gasteiger partial charge in [-0.2, -0.15) is 0 Å². The molecule has 2 heterocycles. The molecule has 0 saturated carbocycles. The Balaban J connectivity index is 2.01. The number of likely N-dealkylation sites (N-methyl/N-ethyl adjacent to an activating group) is 1. The summed E-state index contributed by atoms with van der Waals surface area (Å²) in [6.07, 6.45) is 1.79. The Kier molecular flexibility index (Phi) is 4.92. The first-order chi connectivity index (χ1) is 9.59. The van der Waals surface area contributed by atoms with Crippen molar-refractivity contribution in [3.8, 4) is 0 Å². The van der Waals surface area contributed by atoms with Crippen LogP contribution >= 0.6 is 0 Å². The lowest BCUT2D eigenvalue weighted by molar-refractivity contribution is -0.135. The van der Waals surface area contributed by atoms with E-state index in [1.165, 1.54) is 0 Å². The molecule has 1 fully saturated rings. The molecule has 6 heteroatoms. The second kappa shape index (κ2) is 6.67. The van der Waals surface area contributed by atoms with Crippen molar-refractivity contribution in [1.82, 2.24) is 19.7 Å². The molecule has 1 unspecified atom stereocenters. The summed E-state index contributed by atoms with van der Waals surface area (Å²) in [5, 5.41) is 3.25. The van der Waals surface area contributed by atoms with E-state index >= 15 is 0 Å². The fourth-order valence-electron chi connectivity index (χ4n) is 2.44. The first kappa shape index (κ1) is 14.7. The summed E-state index contributed by atoms with van der Waals surface area (Å²) in [4.78, 5) is 27.6. The average Bonchev–Trinajstić information content (AvgIpc) is 2.46. The third-order valence-electron chi connectivity index (χ3n) is 3.61. The Morgan fingerprint density at radius 3 is 2.90 bits per heavy atom. The summed E-state index contributed by atoms with van der Waals surface area (Å²) in [5.41, 5.74) is -0.00174. The van der Waals surface area contributed by atoms with Crippen LogP contribution in [-0.4, -0.2) is 66.6 Å². The van der Waals surface area contributed by atoms with Crippen LogP contribution in [0, 0.1) is 0 Å². The minimum atomic E-state index is -0.141.